The van der Waals surface area contributed by atoms with Crippen LogP contribution < -0.4 is 5.32 Å². The molecule has 20 heavy (non-hydrogen) atoms. The number of aromatic carboxylic acids is 1. The maximum Gasteiger partial charge on any atom is 0.356 e. The van der Waals surface area contributed by atoms with E-state index in [0.717, 1.165) is 0 Å². The van der Waals surface area contributed by atoms with Crippen molar-refractivity contribution in [1.82, 2.24) is 14.7 Å². The maximum absolute atomic E-state index is 11.9. The maximum atomic E-state index is 11.9. The number of amides is 2. The molecule has 0 spiro atoms. The molecule has 1 fully saturated rings. The molecule has 3 heterocycles. The summed E-state index contributed by atoms with van der Waals surface area (Å²) in [5, 5.41) is 11.3. The van der Waals surface area contributed by atoms with Crippen molar-refractivity contribution in [1.29, 1.82) is 0 Å². The summed E-state index contributed by atoms with van der Waals surface area (Å²) in [6, 6.07) is 5.12. The average molecular weight is 273 g/mol. The molecule has 1 unspecified atom stereocenters. The highest BCUT2D eigenvalue weighted by molar-refractivity contribution is 6.00. The minimum Gasteiger partial charge on any atom is -0.476 e. The van der Waals surface area contributed by atoms with E-state index in [1.807, 2.05) is 0 Å². The van der Waals surface area contributed by atoms with E-state index < -0.39 is 11.9 Å². The number of carbonyl (C=O) groups excluding carboxylic acids is 2. The third kappa shape index (κ3) is 1.93. The molecule has 1 aliphatic rings. The van der Waals surface area contributed by atoms with Gasteiger partial charge in [0.25, 0.3) is 0 Å². The van der Waals surface area contributed by atoms with Crippen molar-refractivity contribution in [3.05, 3.63) is 35.8 Å². The van der Waals surface area contributed by atoms with E-state index in [1.54, 1.807) is 22.6 Å². The van der Waals surface area contributed by atoms with Crippen molar-refractivity contribution in [3.8, 4) is 0 Å². The summed E-state index contributed by atoms with van der Waals surface area (Å²) < 4.78 is 1.59. The molecule has 3 rings (SSSR count). The number of aromatic nitrogens is 2. The minimum absolute atomic E-state index is 0.0789. The number of rotatable bonds is 2. The fraction of sp³-hybridized carbons (Fsp3) is 0.231. The number of nitrogens with zero attached hydrogens (tertiary/aromatic N) is 2. The zero-order valence-corrected chi connectivity index (χ0v) is 10.4. The van der Waals surface area contributed by atoms with Crippen LogP contribution in [0.1, 0.15) is 34.9 Å². The van der Waals surface area contributed by atoms with Gasteiger partial charge in [-0.2, -0.15) is 0 Å². The Balaban J connectivity index is 2.09. The summed E-state index contributed by atoms with van der Waals surface area (Å²) in [7, 11) is 0. The summed E-state index contributed by atoms with van der Waals surface area (Å²) >= 11 is 0. The zero-order valence-electron chi connectivity index (χ0n) is 10.4. The lowest BCUT2D eigenvalue weighted by atomic mass is 9.94. The second kappa shape index (κ2) is 4.44. The Morgan fingerprint density at radius 1 is 1.40 bits per heavy atom. The fourth-order valence-electron chi connectivity index (χ4n) is 2.39. The molecular weight excluding hydrogens is 262 g/mol. The molecular formula is C13H11N3O4. The van der Waals surface area contributed by atoms with Crippen molar-refractivity contribution >= 4 is 23.4 Å². The van der Waals surface area contributed by atoms with Gasteiger partial charge < -0.3 is 9.51 Å². The van der Waals surface area contributed by atoms with Crippen molar-refractivity contribution in [3.63, 3.8) is 0 Å². The van der Waals surface area contributed by atoms with Gasteiger partial charge in [-0.3, -0.25) is 14.9 Å². The third-order valence-electron chi connectivity index (χ3n) is 3.34. The molecule has 0 saturated carbocycles. The molecule has 102 valence electrons. The third-order valence-corrected chi connectivity index (χ3v) is 3.34. The zero-order chi connectivity index (χ0) is 14.3. The molecule has 1 atom stereocenters. The standard InChI is InChI=1S/C13H11N3O4/c17-11-5-4-7(12(18)15-11)9-2-1-3-10-14-8(13(19)20)6-16(9)10/h1-3,6-7H,4-5H2,(H,19,20)(H,15,17,18). The molecule has 2 aromatic heterocycles. The second-order valence-corrected chi connectivity index (χ2v) is 4.61. The number of fused-ring (bicyclic) bond motifs is 1. The van der Waals surface area contributed by atoms with Gasteiger partial charge >= 0.3 is 5.97 Å². The van der Waals surface area contributed by atoms with Crippen LogP contribution in [0.2, 0.25) is 0 Å². The molecule has 7 nitrogen and oxygen atoms in total. The molecule has 0 aliphatic carbocycles. The highest BCUT2D eigenvalue weighted by Gasteiger charge is 2.29. The van der Waals surface area contributed by atoms with Crippen molar-refractivity contribution in [2.24, 2.45) is 0 Å². The molecule has 1 aliphatic heterocycles. The number of imidazole rings is 1. The lowest BCUT2D eigenvalue weighted by Crippen LogP contribution is -2.40. The van der Waals surface area contributed by atoms with Crippen LogP contribution in [0.25, 0.3) is 5.65 Å². The van der Waals surface area contributed by atoms with Gasteiger partial charge in [0.05, 0.1) is 5.92 Å². The van der Waals surface area contributed by atoms with E-state index in [1.165, 1.54) is 6.20 Å². The largest absolute Gasteiger partial charge is 0.476 e. The summed E-state index contributed by atoms with van der Waals surface area (Å²) in [5.41, 5.74) is 1.02. The molecule has 0 bridgehead atoms. The fourth-order valence-corrected chi connectivity index (χ4v) is 2.39. The monoisotopic (exact) mass is 273 g/mol. The molecule has 1 saturated heterocycles. The first-order valence-corrected chi connectivity index (χ1v) is 6.11. The van der Waals surface area contributed by atoms with Gasteiger partial charge in [-0.1, -0.05) is 6.07 Å². The highest BCUT2D eigenvalue weighted by atomic mass is 16.4. The summed E-state index contributed by atoms with van der Waals surface area (Å²) in [4.78, 5) is 38.0. The van der Waals surface area contributed by atoms with Crippen LogP contribution in [0.15, 0.2) is 24.4 Å². The second-order valence-electron chi connectivity index (χ2n) is 4.61. The van der Waals surface area contributed by atoms with Gasteiger partial charge in [-0.25, -0.2) is 9.78 Å². The molecule has 2 amide bonds. The number of imide groups is 1. The van der Waals surface area contributed by atoms with Gasteiger partial charge in [-0.15, -0.1) is 0 Å². The number of carboxylic acid groups (broad SMARTS) is 1. The molecule has 0 radical (unpaired) electrons. The number of piperidine rings is 1. The SMILES string of the molecule is O=C1CCC(c2cccc3nc(C(=O)O)cn23)C(=O)N1. The first kappa shape index (κ1) is 12.3. The predicted octanol–water partition coefficient (Wildman–Crippen LogP) is 0.553. The van der Waals surface area contributed by atoms with E-state index in [-0.39, 0.29) is 23.9 Å². The Morgan fingerprint density at radius 2 is 2.20 bits per heavy atom. The summed E-state index contributed by atoms with van der Waals surface area (Å²) in [6.45, 7) is 0. The lowest BCUT2D eigenvalue weighted by molar-refractivity contribution is -0.134. The summed E-state index contributed by atoms with van der Waals surface area (Å²) in [5.74, 6) is -2.25. The van der Waals surface area contributed by atoms with Crippen LogP contribution in [0.3, 0.4) is 0 Å². The summed E-state index contributed by atoms with van der Waals surface area (Å²) in [6.07, 6.45) is 2.06. The Hall–Kier alpha value is -2.70. The predicted molar refractivity (Wildman–Crippen MR) is 67.3 cm³/mol. The van der Waals surface area contributed by atoms with E-state index in [9.17, 15) is 14.4 Å². The van der Waals surface area contributed by atoms with Crippen LogP contribution >= 0.6 is 0 Å². The number of hydrogen-bond donors (Lipinski definition) is 2. The number of hydrogen-bond acceptors (Lipinski definition) is 4. The topological polar surface area (TPSA) is 101 Å². The Kier molecular flexibility index (Phi) is 2.74. The smallest absolute Gasteiger partial charge is 0.356 e. The van der Waals surface area contributed by atoms with Crippen molar-refractivity contribution in [2.75, 3.05) is 0 Å². The molecule has 7 heteroatoms. The van der Waals surface area contributed by atoms with Crippen LogP contribution in [-0.2, 0) is 9.59 Å². The highest BCUT2D eigenvalue weighted by Crippen LogP contribution is 2.25. The van der Waals surface area contributed by atoms with E-state index in [4.69, 9.17) is 5.11 Å². The molecule has 2 N–H and O–H groups in total. The normalized spacial score (nSPS) is 19.1. The van der Waals surface area contributed by atoms with Crippen molar-refractivity contribution < 1.29 is 19.5 Å². The van der Waals surface area contributed by atoms with Crippen LogP contribution in [0, 0.1) is 0 Å². The number of nitrogens with one attached hydrogen (secondary N) is 1. The Morgan fingerprint density at radius 3 is 2.90 bits per heavy atom. The first-order valence-electron chi connectivity index (χ1n) is 6.11. The lowest BCUT2D eigenvalue weighted by Gasteiger charge is -2.21. The van der Waals surface area contributed by atoms with Gasteiger partial charge in [0.1, 0.15) is 5.65 Å². The quantitative estimate of drug-likeness (QED) is 0.778. The van der Waals surface area contributed by atoms with Gasteiger partial charge in [0.2, 0.25) is 11.8 Å². The van der Waals surface area contributed by atoms with E-state index in [2.05, 4.69) is 10.3 Å². The first-order chi connectivity index (χ1) is 9.56. The van der Waals surface area contributed by atoms with E-state index in [0.29, 0.717) is 17.8 Å². The van der Waals surface area contributed by atoms with Crippen LogP contribution in [-0.4, -0.2) is 32.3 Å². The number of carbonyl (C=O) groups is 3. The molecule has 2 aromatic rings. The van der Waals surface area contributed by atoms with Gasteiger partial charge in [0.15, 0.2) is 5.69 Å². The average Bonchev–Trinajstić information content (AvgIpc) is 2.83. The number of carboxylic acids is 1. The Bertz CT molecular complexity index is 734. The van der Waals surface area contributed by atoms with E-state index >= 15 is 0 Å². The van der Waals surface area contributed by atoms with Crippen LogP contribution in [0.4, 0.5) is 0 Å². The Labute approximate surface area is 113 Å². The minimum atomic E-state index is -1.12. The van der Waals surface area contributed by atoms with Gasteiger partial charge in [0, 0.05) is 18.3 Å². The van der Waals surface area contributed by atoms with Gasteiger partial charge in [-0.05, 0) is 18.6 Å². The van der Waals surface area contributed by atoms with Crippen LogP contribution in [0.5, 0.6) is 0 Å². The molecule has 0 aromatic carbocycles. The number of pyridine rings is 1. The van der Waals surface area contributed by atoms with Crippen molar-refractivity contribution in [2.45, 2.75) is 18.8 Å².